The maximum Gasteiger partial charge on any atom is 0.345 e. The molecular formula is C19H20N4O2. The Bertz CT molecular complexity index is 711. The van der Waals surface area contributed by atoms with Crippen LogP contribution in [0.1, 0.15) is 25.0 Å². The largest absolute Gasteiger partial charge is 0.345 e. The van der Waals surface area contributed by atoms with Crippen LogP contribution in [0, 0.1) is 0 Å². The Morgan fingerprint density at radius 2 is 1.12 bits per heavy atom. The lowest BCUT2D eigenvalue weighted by Gasteiger charge is -2.06. The van der Waals surface area contributed by atoms with Crippen LogP contribution in [0.3, 0.4) is 0 Å². The minimum atomic E-state index is -0.389. The van der Waals surface area contributed by atoms with E-state index >= 15 is 0 Å². The molecule has 6 heteroatoms. The predicted octanol–water partition coefficient (Wildman–Crippen LogP) is 4.52. The maximum absolute atomic E-state index is 11.4. The summed E-state index contributed by atoms with van der Waals surface area (Å²) in [7, 11) is 0. The van der Waals surface area contributed by atoms with Crippen molar-refractivity contribution >= 4 is 35.9 Å². The van der Waals surface area contributed by atoms with Crippen molar-refractivity contribution in [3.63, 3.8) is 0 Å². The third kappa shape index (κ3) is 6.02. The van der Waals surface area contributed by atoms with Crippen LogP contribution in [0.4, 0.5) is 21.0 Å². The van der Waals surface area contributed by atoms with Gasteiger partial charge in [-0.1, -0.05) is 24.3 Å². The van der Waals surface area contributed by atoms with Gasteiger partial charge in [-0.15, -0.1) is 0 Å². The molecule has 0 unspecified atom stereocenters. The summed E-state index contributed by atoms with van der Waals surface area (Å²) in [5.41, 5.74) is 3.64. The number of amides is 4. The molecule has 0 aliphatic heterocycles. The first kappa shape index (κ1) is 18.1. The Morgan fingerprint density at radius 3 is 1.44 bits per heavy atom. The highest BCUT2D eigenvalue weighted by Gasteiger charge is 2.02. The zero-order valence-electron chi connectivity index (χ0n) is 14.2. The predicted molar refractivity (Wildman–Crippen MR) is 102 cm³/mol. The van der Waals surface area contributed by atoms with Crippen LogP contribution < -0.4 is 10.6 Å². The zero-order valence-corrected chi connectivity index (χ0v) is 14.2. The van der Waals surface area contributed by atoms with E-state index in [-0.39, 0.29) is 12.1 Å². The van der Waals surface area contributed by atoms with Crippen molar-refractivity contribution in [1.82, 2.24) is 0 Å². The summed E-state index contributed by atoms with van der Waals surface area (Å²) in [6.07, 6.45) is 3.65. The van der Waals surface area contributed by atoms with Crippen molar-refractivity contribution < 1.29 is 9.59 Å². The van der Waals surface area contributed by atoms with Gasteiger partial charge in [0.15, 0.2) is 0 Å². The number of urea groups is 2. The van der Waals surface area contributed by atoms with Gasteiger partial charge in [0, 0.05) is 23.8 Å². The van der Waals surface area contributed by atoms with Crippen LogP contribution in [-0.4, -0.2) is 24.5 Å². The van der Waals surface area contributed by atoms with Crippen molar-refractivity contribution in [3.8, 4) is 0 Å². The van der Waals surface area contributed by atoms with Gasteiger partial charge >= 0.3 is 12.1 Å². The Labute approximate surface area is 146 Å². The van der Waals surface area contributed by atoms with Crippen LogP contribution in [0.2, 0.25) is 0 Å². The molecule has 2 aromatic carbocycles. The SMILES string of the molecule is CC=NC(=O)Nc1ccc(Cc2ccc(NC(=O)N=CC)cc2)cc1. The van der Waals surface area contributed by atoms with E-state index in [1.807, 2.05) is 48.5 Å². The van der Waals surface area contributed by atoms with Crippen LogP contribution >= 0.6 is 0 Å². The Hall–Kier alpha value is -3.28. The van der Waals surface area contributed by atoms with E-state index in [1.165, 1.54) is 12.4 Å². The number of carbonyl (C=O) groups excluding carboxylic acids is 2. The second-order valence-corrected chi connectivity index (χ2v) is 5.21. The van der Waals surface area contributed by atoms with Gasteiger partial charge in [-0.2, -0.15) is 0 Å². The molecule has 6 nitrogen and oxygen atoms in total. The molecule has 0 atom stereocenters. The molecule has 2 aromatic rings. The van der Waals surface area contributed by atoms with Crippen molar-refractivity contribution in [2.24, 2.45) is 9.98 Å². The number of nitrogens with zero attached hydrogens (tertiary/aromatic N) is 2. The molecule has 128 valence electrons. The second kappa shape index (κ2) is 9.12. The summed E-state index contributed by atoms with van der Waals surface area (Å²) in [4.78, 5) is 30.1. The first-order valence-corrected chi connectivity index (χ1v) is 7.88. The molecule has 2 N–H and O–H groups in total. The third-order valence-corrected chi connectivity index (χ3v) is 3.31. The highest BCUT2D eigenvalue weighted by atomic mass is 16.2. The molecule has 0 radical (unpaired) electrons. The van der Waals surface area contributed by atoms with Crippen LogP contribution in [0.25, 0.3) is 0 Å². The minimum absolute atomic E-state index is 0.389. The van der Waals surface area contributed by atoms with E-state index in [2.05, 4.69) is 20.6 Å². The van der Waals surface area contributed by atoms with Crippen molar-refractivity contribution in [2.75, 3.05) is 10.6 Å². The average molecular weight is 336 g/mol. The molecular weight excluding hydrogens is 316 g/mol. The second-order valence-electron chi connectivity index (χ2n) is 5.21. The molecule has 0 saturated carbocycles. The number of nitrogens with one attached hydrogen (secondary N) is 2. The highest BCUT2D eigenvalue weighted by molar-refractivity contribution is 5.94. The van der Waals surface area contributed by atoms with Crippen LogP contribution in [-0.2, 0) is 6.42 Å². The molecule has 0 fully saturated rings. The van der Waals surface area contributed by atoms with Gasteiger partial charge < -0.3 is 10.6 Å². The summed E-state index contributed by atoms with van der Waals surface area (Å²) >= 11 is 0. The fourth-order valence-electron chi connectivity index (χ4n) is 2.19. The number of hydrogen-bond donors (Lipinski definition) is 2. The number of benzene rings is 2. The normalized spacial score (nSPS) is 11.0. The monoisotopic (exact) mass is 336 g/mol. The van der Waals surface area contributed by atoms with Crippen LogP contribution in [0.5, 0.6) is 0 Å². The number of anilines is 2. The van der Waals surface area contributed by atoms with Gasteiger partial charge in [-0.25, -0.2) is 19.6 Å². The molecule has 0 heterocycles. The molecule has 0 aliphatic carbocycles. The molecule has 25 heavy (non-hydrogen) atoms. The molecule has 0 saturated heterocycles. The van der Waals surface area contributed by atoms with E-state index in [1.54, 1.807) is 13.8 Å². The van der Waals surface area contributed by atoms with Gasteiger partial charge in [0.05, 0.1) is 0 Å². The molecule has 0 spiro atoms. The fourth-order valence-corrected chi connectivity index (χ4v) is 2.19. The van der Waals surface area contributed by atoms with E-state index < -0.39 is 0 Å². The van der Waals surface area contributed by atoms with Crippen molar-refractivity contribution in [1.29, 1.82) is 0 Å². The summed E-state index contributed by atoms with van der Waals surface area (Å²) in [6, 6.07) is 14.4. The first-order valence-electron chi connectivity index (χ1n) is 7.88. The molecule has 2 rings (SSSR count). The van der Waals surface area contributed by atoms with Gasteiger partial charge in [0.1, 0.15) is 0 Å². The number of aliphatic imine (C=N–C) groups is 2. The summed E-state index contributed by atoms with van der Waals surface area (Å²) in [5, 5.41) is 5.36. The lowest BCUT2D eigenvalue weighted by molar-refractivity contribution is 0.259. The van der Waals surface area contributed by atoms with E-state index in [9.17, 15) is 9.59 Å². The zero-order chi connectivity index (χ0) is 18.1. The summed E-state index contributed by atoms with van der Waals surface area (Å²) in [6.45, 7) is 3.38. The maximum atomic E-state index is 11.4. The van der Waals surface area contributed by atoms with Gasteiger partial charge in [0.2, 0.25) is 0 Å². The Balaban J connectivity index is 1.95. The lowest BCUT2D eigenvalue weighted by Crippen LogP contribution is -2.06. The smallest absolute Gasteiger partial charge is 0.306 e. The third-order valence-electron chi connectivity index (χ3n) is 3.31. The van der Waals surface area contributed by atoms with Crippen molar-refractivity contribution in [2.45, 2.75) is 20.3 Å². The van der Waals surface area contributed by atoms with Crippen molar-refractivity contribution in [3.05, 3.63) is 59.7 Å². The summed E-state index contributed by atoms with van der Waals surface area (Å²) in [5.74, 6) is 0. The number of hydrogen-bond acceptors (Lipinski definition) is 2. The topological polar surface area (TPSA) is 82.9 Å². The van der Waals surface area contributed by atoms with Gasteiger partial charge in [-0.3, -0.25) is 0 Å². The Kier molecular flexibility index (Phi) is 6.59. The quantitative estimate of drug-likeness (QED) is 0.805. The molecule has 0 aliphatic rings. The van der Waals surface area contributed by atoms with Gasteiger partial charge in [-0.05, 0) is 55.7 Å². The molecule has 0 aromatic heterocycles. The molecule has 4 amide bonds. The summed E-state index contributed by atoms with van der Waals surface area (Å²) < 4.78 is 0. The van der Waals surface area contributed by atoms with Gasteiger partial charge in [0.25, 0.3) is 0 Å². The number of rotatable bonds is 4. The average Bonchev–Trinajstić information content (AvgIpc) is 2.59. The highest BCUT2D eigenvalue weighted by Crippen LogP contribution is 2.16. The lowest BCUT2D eigenvalue weighted by atomic mass is 10.0. The van der Waals surface area contributed by atoms with E-state index in [4.69, 9.17) is 0 Å². The first-order chi connectivity index (χ1) is 12.1. The van der Waals surface area contributed by atoms with E-state index in [0.29, 0.717) is 11.4 Å². The number of carbonyl (C=O) groups is 2. The van der Waals surface area contributed by atoms with E-state index in [0.717, 1.165) is 17.5 Å². The van der Waals surface area contributed by atoms with Crippen LogP contribution in [0.15, 0.2) is 58.5 Å². The minimum Gasteiger partial charge on any atom is -0.306 e. The fraction of sp³-hybridized carbons (Fsp3) is 0.158. The molecule has 0 bridgehead atoms. The standard InChI is InChI=1S/C19H20N4O2/c1-3-20-18(24)22-16-9-5-14(6-10-16)13-15-7-11-17(12-8-15)23-19(25)21-4-2/h3-12H,13H2,1-2H3,(H,22,24)(H,23,25). The Morgan fingerprint density at radius 1 is 0.760 bits per heavy atom.